The number of rotatable bonds is 8. The molecule has 6 heterocycles. The second kappa shape index (κ2) is 16.2. The largest absolute Gasteiger partial charge is 0.344 e. The molecule has 1 unspecified atom stereocenters. The number of hydrogen-bond acceptors (Lipinski definition) is 8. The highest BCUT2D eigenvalue weighted by molar-refractivity contribution is 6.19. The average Bonchev–Trinajstić information content (AvgIpc) is 3.93. The molecule has 5 aromatic heterocycles. The zero-order chi connectivity index (χ0) is 45.0. The quantitative estimate of drug-likeness (QED) is 0.163. The molecule has 68 heavy (non-hydrogen) atoms. The summed E-state index contributed by atoms with van der Waals surface area (Å²) in [5.41, 5.74) is 9.19. The first kappa shape index (κ1) is 39.0. The zero-order valence-electron chi connectivity index (χ0n) is 36.4. The van der Waals surface area contributed by atoms with E-state index in [9.17, 15) is 0 Å². The van der Waals surface area contributed by atoms with Gasteiger partial charge in [-0.15, -0.1) is 0 Å². The number of fused-ring (bicyclic) bond motifs is 6. The maximum atomic E-state index is 5.36. The summed E-state index contributed by atoms with van der Waals surface area (Å²) < 4.78 is 4.49. The van der Waals surface area contributed by atoms with Gasteiger partial charge in [-0.2, -0.15) is 0 Å². The molecule has 7 aromatic carbocycles. The van der Waals surface area contributed by atoms with Crippen molar-refractivity contribution in [3.63, 3.8) is 0 Å². The Bertz CT molecular complexity index is 3880. The van der Waals surface area contributed by atoms with Crippen LogP contribution in [0, 0.1) is 0 Å². The van der Waals surface area contributed by atoms with E-state index in [0.717, 1.165) is 83.3 Å². The number of nitrogens with zero attached hydrogens (tertiary/aromatic N) is 9. The maximum absolute atomic E-state index is 5.36. The Balaban J connectivity index is 0.985. The highest BCUT2D eigenvalue weighted by Crippen LogP contribution is 2.39. The van der Waals surface area contributed by atoms with Gasteiger partial charge in [-0.05, 0) is 54.1 Å². The van der Waals surface area contributed by atoms with E-state index in [0.29, 0.717) is 34.7 Å². The number of aliphatic imine (C=N–C) groups is 2. The Hall–Kier alpha value is -9.41. The lowest BCUT2D eigenvalue weighted by Crippen LogP contribution is -2.33. The molecule has 0 saturated carbocycles. The second-order valence-corrected chi connectivity index (χ2v) is 16.6. The fourth-order valence-corrected chi connectivity index (χ4v) is 9.30. The van der Waals surface area contributed by atoms with Crippen molar-refractivity contribution in [1.29, 1.82) is 0 Å². The van der Waals surface area contributed by atoms with Gasteiger partial charge < -0.3 is 5.32 Å². The molecule has 12 aromatic rings. The fourth-order valence-electron chi connectivity index (χ4n) is 9.30. The third kappa shape index (κ3) is 6.78. The Morgan fingerprint density at radius 1 is 0.353 bits per heavy atom. The number of amidine groups is 2. The van der Waals surface area contributed by atoms with Gasteiger partial charge in [0.05, 0.1) is 22.1 Å². The maximum Gasteiger partial charge on any atom is 0.182 e. The van der Waals surface area contributed by atoms with Crippen molar-refractivity contribution < 1.29 is 0 Å². The van der Waals surface area contributed by atoms with Crippen molar-refractivity contribution in [3.05, 3.63) is 235 Å². The van der Waals surface area contributed by atoms with Crippen LogP contribution in [0.2, 0.25) is 0 Å². The standard InChI is InChI=1S/C58H38N10/c1-5-19-37(20-6-1)53-61-54(38-21-7-2-8-22-38)64-57(63-53)45-29-17-33-51(59-45)67-47-31-15-13-27-41(47)43-35-44-42-28-14-16-32-48(42)68(50(44)36-49(43)67)52-34-18-30-46(60-52)58-65-55(39-23-9-3-10-24-39)62-56(66-58)40-25-11-4-12-26-40/h1-36,53H,(H,61,63,64). The molecule has 1 atom stereocenters. The van der Waals surface area contributed by atoms with E-state index in [1.165, 1.54) is 0 Å². The Morgan fingerprint density at radius 3 is 1.40 bits per heavy atom. The van der Waals surface area contributed by atoms with Crippen LogP contribution >= 0.6 is 0 Å². The predicted molar refractivity (Wildman–Crippen MR) is 272 cm³/mol. The van der Waals surface area contributed by atoms with Crippen LogP contribution in [0.15, 0.2) is 228 Å². The minimum Gasteiger partial charge on any atom is -0.344 e. The van der Waals surface area contributed by atoms with E-state index >= 15 is 0 Å². The first-order valence-electron chi connectivity index (χ1n) is 22.5. The molecule has 10 nitrogen and oxygen atoms in total. The lowest BCUT2D eigenvalue weighted by Gasteiger charge is -2.23. The molecule has 0 aliphatic carbocycles. The number of hydrogen-bond donors (Lipinski definition) is 1. The molecule has 0 spiro atoms. The minimum absolute atomic E-state index is 0.345. The summed E-state index contributed by atoms with van der Waals surface area (Å²) in [7, 11) is 0. The van der Waals surface area contributed by atoms with Crippen molar-refractivity contribution in [1.82, 2.24) is 39.4 Å². The van der Waals surface area contributed by atoms with Crippen LogP contribution in [-0.4, -0.2) is 45.7 Å². The van der Waals surface area contributed by atoms with Gasteiger partial charge in [0.2, 0.25) is 0 Å². The fraction of sp³-hybridized carbons (Fsp3) is 0.0172. The monoisotopic (exact) mass is 874 g/mol. The second-order valence-electron chi connectivity index (χ2n) is 16.6. The van der Waals surface area contributed by atoms with E-state index in [2.05, 4.69) is 105 Å². The molecular weight excluding hydrogens is 837 g/mol. The molecule has 1 aliphatic heterocycles. The first-order valence-corrected chi connectivity index (χ1v) is 22.5. The molecule has 1 aliphatic rings. The summed E-state index contributed by atoms with van der Waals surface area (Å²) in [6, 6.07) is 74.1. The Kier molecular flexibility index (Phi) is 9.31. The normalized spacial score (nSPS) is 13.7. The van der Waals surface area contributed by atoms with E-state index < -0.39 is 0 Å². The molecule has 10 heteroatoms. The molecule has 0 fully saturated rings. The Morgan fingerprint density at radius 2 is 0.824 bits per heavy atom. The highest BCUT2D eigenvalue weighted by Gasteiger charge is 2.24. The van der Waals surface area contributed by atoms with Gasteiger partial charge in [0.15, 0.2) is 23.3 Å². The van der Waals surface area contributed by atoms with Crippen LogP contribution in [0.1, 0.15) is 23.0 Å². The SMILES string of the molecule is c1ccc(C2=NC(c3cccc(-n4c5ccccc5c5cc6c7ccccc7n(-c7cccc(-c8nc(-c9ccccc9)nc(-c9ccccc9)n8)n7)c6cc54)n3)=NC(c3ccccc3)N2)cc1. The van der Waals surface area contributed by atoms with Crippen LogP contribution in [0.4, 0.5) is 0 Å². The lowest BCUT2D eigenvalue weighted by molar-refractivity contribution is 0.673. The van der Waals surface area contributed by atoms with Crippen molar-refractivity contribution in [2.75, 3.05) is 0 Å². The van der Waals surface area contributed by atoms with Crippen LogP contribution < -0.4 is 5.32 Å². The molecule has 13 rings (SSSR count). The molecule has 0 saturated heterocycles. The summed E-state index contributed by atoms with van der Waals surface area (Å²) in [5.74, 6) is 4.44. The number of pyridine rings is 2. The van der Waals surface area contributed by atoms with Gasteiger partial charge >= 0.3 is 0 Å². The van der Waals surface area contributed by atoms with Gasteiger partial charge in [-0.25, -0.2) is 34.9 Å². The molecular formula is C58H38N10. The first-order chi connectivity index (χ1) is 33.7. The van der Waals surface area contributed by atoms with E-state index in [-0.39, 0.29) is 6.17 Å². The van der Waals surface area contributed by atoms with Crippen LogP contribution in [0.3, 0.4) is 0 Å². The molecule has 0 radical (unpaired) electrons. The topological polar surface area (TPSA) is 111 Å². The van der Waals surface area contributed by atoms with Crippen LogP contribution in [0.5, 0.6) is 0 Å². The summed E-state index contributed by atoms with van der Waals surface area (Å²) in [6.45, 7) is 0. The van der Waals surface area contributed by atoms with Crippen LogP contribution in [-0.2, 0) is 0 Å². The number of nitrogens with one attached hydrogen (secondary N) is 1. The third-order valence-electron chi connectivity index (χ3n) is 12.5. The van der Waals surface area contributed by atoms with Crippen LogP contribution in [0.25, 0.3) is 89.5 Å². The van der Waals surface area contributed by atoms with Gasteiger partial charge in [0.1, 0.15) is 35.0 Å². The van der Waals surface area contributed by atoms with Gasteiger partial charge in [0, 0.05) is 38.2 Å². The smallest absolute Gasteiger partial charge is 0.182 e. The van der Waals surface area contributed by atoms with Crippen molar-refractivity contribution in [2.24, 2.45) is 9.98 Å². The average molecular weight is 875 g/mol. The lowest BCUT2D eigenvalue weighted by atomic mass is 10.1. The summed E-state index contributed by atoms with van der Waals surface area (Å²) in [4.78, 5) is 35.9. The molecule has 0 bridgehead atoms. The van der Waals surface area contributed by atoms with Crippen molar-refractivity contribution in [2.45, 2.75) is 6.17 Å². The van der Waals surface area contributed by atoms with E-state index in [4.69, 9.17) is 34.9 Å². The van der Waals surface area contributed by atoms with E-state index in [1.807, 2.05) is 127 Å². The van der Waals surface area contributed by atoms with Gasteiger partial charge in [-0.3, -0.25) is 9.13 Å². The highest BCUT2D eigenvalue weighted by atomic mass is 15.2. The van der Waals surface area contributed by atoms with Gasteiger partial charge in [0.25, 0.3) is 0 Å². The molecule has 1 N–H and O–H groups in total. The third-order valence-corrected chi connectivity index (χ3v) is 12.5. The predicted octanol–water partition coefficient (Wildman–Crippen LogP) is 12.4. The summed E-state index contributed by atoms with van der Waals surface area (Å²) in [6.07, 6.45) is -0.345. The van der Waals surface area contributed by atoms with Crippen molar-refractivity contribution >= 4 is 55.3 Å². The number of benzene rings is 7. The number of aromatic nitrogens is 7. The zero-order valence-corrected chi connectivity index (χ0v) is 36.4. The summed E-state index contributed by atoms with van der Waals surface area (Å²) in [5, 5.41) is 8.04. The minimum atomic E-state index is -0.345. The number of para-hydroxylation sites is 2. The molecule has 0 amide bonds. The van der Waals surface area contributed by atoms with Gasteiger partial charge in [-0.1, -0.05) is 170 Å². The van der Waals surface area contributed by atoms with E-state index in [1.54, 1.807) is 0 Å². The Labute approximate surface area is 390 Å². The van der Waals surface area contributed by atoms with Crippen molar-refractivity contribution in [3.8, 4) is 45.9 Å². The summed E-state index contributed by atoms with van der Waals surface area (Å²) >= 11 is 0. The molecule has 320 valence electrons.